The molecule has 0 radical (unpaired) electrons. The normalized spacial score (nSPS) is 16.4. The van der Waals surface area contributed by atoms with Gasteiger partial charge in [0, 0.05) is 0 Å². The first-order valence-corrected chi connectivity index (χ1v) is 8.46. The highest BCUT2D eigenvalue weighted by Crippen LogP contribution is 2.21. The van der Waals surface area contributed by atoms with Crippen molar-refractivity contribution in [1.29, 1.82) is 0 Å². The van der Waals surface area contributed by atoms with Crippen LogP contribution in [0.5, 0.6) is 0 Å². The maximum absolute atomic E-state index is 12.4. The van der Waals surface area contributed by atoms with Crippen molar-refractivity contribution >= 4 is 12.1 Å². The van der Waals surface area contributed by atoms with Gasteiger partial charge in [0.05, 0.1) is 6.61 Å². The lowest BCUT2D eigenvalue weighted by Crippen LogP contribution is -2.46. The summed E-state index contributed by atoms with van der Waals surface area (Å²) < 4.78 is 15.8. The Morgan fingerprint density at radius 3 is 2.00 bits per heavy atom. The lowest BCUT2D eigenvalue weighted by molar-refractivity contribution is -0.151. The Morgan fingerprint density at radius 2 is 1.50 bits per heavy atom. The van der Waals surface area contributed by atoms with Gasteiger partial charge in [-0.3, -0.25) is 4.90 Å². The van der Waals surface area contributed by atoms with Crippen LogP contribution in [0.1, 0.15) is 18.1 Å². The van der Waals surface area contributed by atoms with Gasteiger partial charge in [0.25, 0.3) is 0 Å². The number of carbonyl (C=O) groups excluding carboxylic acids is 2. The summed E-state index contributed by atoms with van der Waals surface area (Å²) in [6, 6.07) is 17.9. The highest BCUT2D eigenvalue weighted by Gasteiger charge is 2.41. The maximum Gasteiger partial charge on any atom is 0.412 e. The van der Waals surface area contributed by atoms with Gasteiger partial charge in [0.1, 0.15) is 19.3 Å². The summed E-state index contributed by atoms with van der Waals surface area (Å²) in [6.07, 6.45) is -1.04. The molecule has 26 heavy (non-hydrogen) atoms. The molecule has 1 heterocycles. The highest BCUT2D eigenvalue weighted by molar-refractivity contribution is 5.81. The van der Waals surface area contributed by atoms with E-state index in [0.29, 0.717) is 6.61 Å². The summed E-state index contributed by atoms with van der Waals surface area (Å²) in [7, 11) is 0. The van der Waals surface area contributed by atoms with Crippen LogP contribution >= 0.6 is 0 Å². The molecular formula is C20H21NO5. The average Bonchev–Trinajstić information content (AvgIpc) is 3.51. The van der Waals surface area contributed by atoms with E-state index in [1.807, 2.05) is 60.7 Å². The standard InChI is InChI=1S/C20H21NO5/c1-15(19(22)25-12-16-8-4-2-5-9-16)21(18-14-24-18)20(23)26-13-17-10-6-3-7-11-17/h2-11,15,18H,12-14H2,1H3. The molecule has 2 aromatic rings. The Bertz CT molecular complexity index is 730. The van der Waals surface area contributed by atoms with Gasteiger partial charge >= 0.3 is 12.1 Å². The van der Waals surface area contributed by atoms with Crippen molar-refractivity contribution in [3.05, 3.63) is 71.8 Å². The second-order valence-electron chi connectivity index (χ2n) is 6.00. The van der Waals surface area contributed by atoms with E-state index in [4.69, 9.17) is 14.2 Å². The van der Waals surface area contributed by atoms with Crippen molar-refractivity contribution in [3.8, 4) is 0 Å². The minimum absolute atomic E-state index is 0.134. The van der Waals surface area contributed by atoms with Gasteiger partial charge in [-0.05, 0) is 18.1 Å². The largest absolute Gasteiger partial charge is 0.459 e. The van der Waals surface area contributed by atoms with Crippen LogP contribution in [0.2, 0.25) is 0 Å². The molecule has 136 valence electrons. The molecule has 1 aliphatic heterocycles. The third-order valence-electron chi connectivity index (χ3n) is 4.02. The Kier molecular flexibility index (Phi) is 5.86. The summed E-state index contributed by atoms with van der Waals surface area (Å²) in [5, 5.41) is 0. The van der Waals surface area contributed by atoms with E-state index < -0.39 is 24.3 Å². The molecule has 1 saturated heterocycles. The lowest BCUT2D eigenvalue weighted by atomic mass is 10.2. The number of benzene rings is 2. The fraction of sp³-hybridized carbons (Fsp3) is 0.300. The molecule has 0 aliphatic carbocycles. The molecule has 3 rings (SSSR count). The predicted octanol–water partition coefficient (Wildman–Crippen LogP) is 3.11. The van der Waals surface area contributed by atoms with Crippen molar-refractivity contribution in [2.24, 2.45) is 0 Å². The van der Waals surface area contributed by atoms with Crippen molar-refractivity contribution < 1.29 is 23.8 Å². The van der Waals surface area contributed by atoms with Gasteiger partial charge in [-0.2, -0.15) is 0 Å². The van der Waals surface area contributed by atoms with Crippen LogP contribution in [0.3, 0.4) is 0 Å². The average molecular weight is 355 g/mol. The number of epoxide rings is 1. The van der Waals surface area contributed by atoms with Gasteiger partial charge in [-0.25, -0.2) is 9.59 Å². The Balaban J connectivity index is 1.55. The van der Waals surface area contributed by atoms with Crippen LogP contribution in [-0.2, 0) is 32.2 Å². The van der Waals surface area contributed by atoms with Crippen LogP contribution in [0.15, 0.2) is 60.7 Å². The molecule has 0 spiro atoms. The molecule has 0 saturated carbocycles. The van der Waals surface area contributed by atoms with Gasteiger partial charge in [-0.1, -0.05) is 60.7 Å². The molecule has 2 aromatic carbocycles. The van der Waals surface area contributed by atoms with E-state index in [2.05, 4.69) is 0 Å². The first kappa shape index (κ1) is 17.9. The number of nitrogens with zero attached hydrogens (tertiary/aromatic N) is 1. The number of amides is 1. The van der Waals surface area contributed by atoms with Gasteiger partial charge < -0.3 is 14.2 Å². The van der Waals surface area contributed by atoms with Crippen molar-refractivity contribution in [3.63, 3.8) is 0 Å². The third kappa shape index (κ3) is 4.83. The van der Waals surface area contributed by atoms with Crippen LogP contribution in [0.4, 0.5) is 4.79 Å². The molecule has 2 atom stereocenters. The molecule has 1 fully saturated rings. The predicted molar refractivity (Wildman–Crippen MR) is 93.9 cm³/mol. The van der Waals surface area contributed by atoms with Gasteiger partial charge in [0.15, 0.2) is 6.23 Å². The van der Waals surface area contributed by atoms with Crippen LogP contribution in [0.25, 0.3) is 0 Å². The van der Waals surface area contributed by atoms with E-state index in [1.54, 1.807) is 6.92 Å². The SMILES string of the molecule is CC(C(=O)OCc1ccccc1)N(C(=O)OCc1ccccc1)C1CO1. The van der Waals surface area contributed by atoms with E-state index in [9.17, 15) is 9.59 Å². The summed E-state index contributed by atoms with van der Waals surface area (Å²) in [4.78, 5) is 26.1. The zero-order chi connectivity index (χ0) is 18.4. The minimum Gasteiger partial charge on any atom is -0.459 e. The molecule has 1 amide bonds. The van der Waals surface area contributed by atoms with Crippen LogP contribution < -0.4 is 0 Å². The molecule has 1 aliphatic rings. The first-order chi connectivity index (χ1) is 12.6. The molecular weight excluding hydrogens is 334 g/mol. The number of rotatable bonds is 7. The van der Waals surface area contributed by atoms with E-state index >= 15 is 0 Å². The third-order valence-corrected chi connectivity index (χ3v) is 4.02. The molecule has 0 N–H and O–H groups in total. The summed E-state index contributed by atoms with van der Waals surface area (Å²) in [5.41, 5.74) is 1.76. The quantitative estimate of drug-likeness (QED) is 0.564. The number of carbonyl (C=O) groups is 2. The zero-order valence-corrected chi connectivity index (χ0v) is 14.5. The molecule has 0 bridgehead atoms. The summed E-state index contributed by atoms with van der Waals surface area (Å²) in [5.74, 6) is -0.499. The van der Waals surface area contributed by atoms with Crippen LogP contribution in [0, 0.1) is 0 Å². The number of hydrogen-bond donors (Lipinski definition) is 0. The fourth-order valence-electron chi connectivity index (χ4n) is 2.49. The number of esters is 1. The van der Waals surface area contributed by atoms with Crippen molar-refractivity contribution in [2.75, 3.05) is 6.61 Å². The van der Waals surface area contributed by atoms with E-state index in [-0.39, 0.29) is 13.2 Å². The van der Waals surface area contributed by atoms with Crippen molar-refractivity contribution in [2.45, 2.75) is 32.4 Å². The zero-order valence-electron chi connectivity index (χ0n) is 14.5. The molecule has 2 unspecified atom stereocenters. The molecule has 6 nitrogen and oxygen atoms in total. The highest BCUT2D eigenvalue weighted by atomic mass is 16.6. The Labute approximate surface area is 152 Å². The second-order valence-corrected chi connectivity index (χ2v) is 6.00. The number of hydrogen-bond acceptors (Lipinski definition) is 5. The number of ether oxygens (including phenoxy) is 3. The van der Waals surface area contributed by atoms with Crippen molar-refractivity contribution in [1.82, 2.24) is 4.90 Å². The second kappa shape index (κ2) is 8.49. The van der Waals surface area contributed by atoms with E-state index in [1.165, 1.54) is 4.90 Å². The first-order valence-electron chi connectivity index (χ1n) is 8.46. The fourth-order valence-corrected chi connectivity index (χ4v) is 2.49. The van der Waals surface area contributed by atoms with E-state index in [0.717, 1.165) is 11.1 Å². The van der Waals surface area contributed by atoms with Gasteiger partial charge in [0.2, 0.25) is 0 Å². The van der Waals surface area contributed by atoms with Gasteiger partial charge in [-0.15, -0.1) is 0 Å². The minimum atomic E-state index is -0.797. The Hall–Kier alpha value is -2.86. The maximum atomic E-state index is 12.4. The topological polar surface area (TPSA) is 68.4 Å². The molecule has 0 aromatic heterocycles. The molecule has 6 heteroatoms. The Morgan fingerprint density at radius 1 is 1.00 bits per heavy atom. The summed E-state index contributed by atoms with van der Waals surface area (Å²) >= 11 is 0. The monoisotopic (exact) mass is 355 g/mol. The lowest BCUT2D eigenvalue weighted by Gasteiger charge is -2.25. The van der Waals surface area contributed by atoms with Crippen LogP contribution in [-0.4, -0.2) is 35.8 Å². The summed E-state index contributed by atoms with van der Waals surface area (Å²) in [6.45, 7) is 2.28. The smallest absolute Gasteiger partial charge is 0.412 e.